The van der Waals surface area contributed by atoms with E-state index in [0.717, 1.165) is 12.5 Å². The predicted molar refractivity (Wildman–Crippen MR) is 88.6 cm³/mol. The van der Waals surface area contributed by atoms with Crippen LogP contribution in [0, 0.1) is 0 Å². The maximum Gasteiger partial charge on any atom is 0.418 e. The monoisotopic (exact) mass is 353 g/mol. The summed E-state index contributed by atoms with van der Waals surface area (Å²) in [6, 6.07) is 7.91. The Morgan fingerprint density at radius 2 is 1.96 bits per heavy atom. The summed E-state index contributed by atoms with van der Waals surface area (Å²) in [6.45, 7) is 1.28. The highest BCUT2D eigenvalue weighted by molar-refractivity contribution is 6.04. The summed E-state index contributed by atoms with van der Waals surface area (Å²) in [4.78, 5) is 16.2. The van der Waals surface area contributed by atoms with Crippen LogP contribution in [0.5, 0.6) is 0 Å². The fourth-order valence-corrected chi connectivity index (χ4v) is 2.10. The molecule has 2 N–H and O–H groups in total. The lowest BCUT2D eigenvalue weighted by Crippen LogP contribution is -2.17. The Kier molecular flexibility index (Phi) is 6.35. The van der Waals surface area contributed by atoms with E-state index in [0.29, 0.717) is 19.0 Å². The number of anilines is 2. The molecule has 0 fully saturated rings. The van der Waals surface area contributed by atoms with Crippen LogP contribution in [0.25, 0.3) is 0 Å². The van der Waals surface area contributed by atoms with Crippen LogP contribution in [0.1, 0.15) is 22.3 Å². The molecule has 1 aromatic carbocycles. The molecule has 0 saturated heterocycles. The van der Waals surface area contributed by atoms with Gasteiger partial charge in [-0.3, -0.25) is 4.79 Å². The molecule has 2 rings (SSSR count). The van der Waals surface area contributed by atoms with E-state index in [1.165, 1.54) is 30.5 Å². The number of para-hydroxylation sites is 1. The van der Waals surface area contributed by atoms with Gasteiger partial charge in [-0.15, -0.1) is 0 Å². The van der Waals surface area contributed by atoms with Crippen LogP contribution in [0.3, 0.4) is 0 Å². The number of halogens is 3. The second-order valence-corrected chi connectivity index (χ2v) is 5.20. The van der Waals surface area contributed by atoms with Gasteiger partial charge in [0.1, 0.15) is 5.82 Å². The second-order valence-electron chi connectivity index (χ2n) is 5.20. The van der Waals surface area contributed by atoms with Crippen LogP contribution in [0.4, 0.5) is 24.7 Å². The smallest absolute Gasteiger partial charge is 0.385 e. The average molecular weight is 353 g/mol. The topological polar surface area (TPSA) is 63.2 Å². The van der Waals surface area contributed by atoms with E-state index in [1.54, 1.807) is 13.2 Å². The van der Waals surface area contributed by atoms with Gasteiger partial charge in [-0.1, -0.05) is 12.1 Å². The number of hydrogen-bond donors (Lipinski definition) is 2. The van der Waals surface area contributed by atoms with Gasteiger partial charge in [0.05, 0.1) is 16.8 Å². The van der Waals surface area contributed by atoms with Crippen LogP contribution >= 0.6 is 0 Å². The predicted octanol–water partition coefficient (Wildman–Crippen LogP) is 3.80. The number of carbonyl (C=O) groups is 1. The number of rotatable bonds is 7. The van der Waals surface area contributed by atoms with Gasteiger partial charge in [-0.25, -0.2) is 4.98 Å². The number of nitrogens with zero attached hydrogens (tertiary/aromatic N) is 1. The third-order valence-corrected chi connectivity index (χ3v) is 3.34. The van der Waals surface area contributed by atoms with Gasteiger partial charge in [0.15, 0.2) is 0 Å². The molecule has 5 nitrogen and oxygen atoms in total. The van der Waals surface area contributed by atoms with Gasteiger partial charge >= 0.3 is 6.18 Å². The number of methoxy groups -OCH3 is 1. The Hall–Kier alpha value is -2.61. The number of amides is 1. The van der Waals surface area contributed by atoms with Gasteiger partial charge in [0.2, 0.25) is 0 Å². The van der Waals surface area contributed by atoms with Crippen LogP contribution in [0.15, 0.2) is 42.6 Å². The molecule has 0 aliphatic carbocycles. The van der Waals surface area contributed by atoms with Crippen molar-refractivity contribution in [3.63, 3.8) is 0 Å². The van der Waals surface area contributed by atoms with Crippen molar-refractivity contribution in [3.8, 4) is 0 Å². The molecule has 0 bridgehead atoms. The summed E-state index contributed by atoms with van der Waals surface area (Å²) in [5, 5.41) is 5.33. The van der Waals surface area contributed by atoms with Crippen molar-refractivity contribution >= 4 is 17.4 Å². The summed E-state index contributed by atoms with van der Waals surface area (Å²) < 4.78 is 43.8. The van der Waals surface area contributed by atoms with E-state index < -0.39 is 17.6 Å². The highest BCUT2D eigenvalue weighted by atomic mass is 19.4. The molecule has 0 saturated carbocycles. The zero-order valence-electron chi connectivity index (χ0n) is 13.6. The average Bonchev–Trinajstić information content (AvgIpc) is 2.59. The number of hydrogen-bond acceptors (Lipinski definition) is 4. The Bertz CT molecular complexity index is 703. The minimum atomic E-state index is -4.54. The molecule has 0 radical (unpaired) electrons. The summed E-state index contributed by atoms with van der Waals surface area (Å²) >= 11 is 0. The van der Waals surface area contributed by atoms with Gasteiger partial charge in [0.25, 0.3) is 5.91 Å². The highest BCUT2D eigenvalue weighted by Gasteiger charge is 2.33. The lowest BCUT2D eigenvalue weighted by Gasteiger charge is -2.13. The number of nitrogens with one attached hydrogen (secondary N) is 2. The quantitative estimate of drug-likeness (QED) is 0.743. The maximum absolute atomic E-state index is 12.9. The van der Waals surface area contributed by atoms with Crippen molar-refractivity contribution in [2.45, 2.75) is 12.6 Å². The Morgan fingerprint density at radius 1 is 1.20 bits per heavy atom. The number of ether oxygens (including phenoxy) is 1. The number of benzene rings is 1. The Balaban J connectivity index is 2.02. The minimum Gasteiger partial charge on any atom is -0.385 e. The molecule has 2 aromatic rings. The summed E-state index contributed by atoms with van der Waals surface area (Å²) in [7, 11) is 1.61. The van der Waals surface area contributed by atoms with E-state index in [-0.39, 0.29) is 11.3 Å². The summed E-state index contributed by atoms with van der Waals surface area (Å²) in [5.41, 5.74) is -1.02. The minimum absolute atomic E-state index is 0.166. The van der Waals surface area contributed by atoms with E-state index in [2.05, 4.69) is 15.6 Å². The third-order valence-electron chi connectivity index (χ3n) is 3.34. The zero-order valence-corrected chi connectivity index (χ0v) is 13.6. The molecule has 1 aromatic heterocycles. The van der Waals surface area contributed by atoms with Crippen molar-refractivity contribution in [2.75, 3.05) is 30.9 Å². The molecule has 25 heavy (non-hydrogen) atoms. The van der Waals surface area contributed by atoms with Crippen LogP contribution in [-0.2, 0) is 10.9 Å². The number of pyridine rings is 1. The Labute approximate surface area is 143 Å². The molecular formula is C17H18F3N3O2. The number of alkyl halides is 3. The lowest BCUT2D eigenvalue weighted by molar-refractivity contribution is -0.136. The first-order chi connectivity index (χ1) is 11.9. The van der Waals surface area contributed by atoms with Gasteiger partial charge < -0.3 is 15.4 Å². The zero-order chi connectivity index (χ0) is 18.3. The maximum atomic E-state index is 12.9. The van der Waals surface area contributed by atoms with E-state index in [9.17, 15) is 18.0 Å². The van der Waals surface area contributed by atoms with E-state index >= 15 is 0 Å². The fourth-order valence-electron chi connectivity index (χ4n) is 2.10. The normalized spacial score (nSPS) is 11.2. The van der Waals surface area contributed by atoms with Crippen molar-refractivity contribution < 1.29 is 22.7 Å². The molecule has 0 aliphatic rings. The number of carbonyl (C=O) groups excluding carboxylic acids is 1. The van der Waals surface area contributed by atoms with E-state index in [4.69, 9.17) is 4.74 Å². The molecule has 1 amide bonds. The van der Waals surface area contributed by atoms with Gasteiger partial charge in [0, 0.05) is 26.5 Å². The standard InChI is InChI=1S/C17H18F3N3O2/c1-25-10-4-9-21-15-8-7-12(11-22-15)16(24)23-14-6-3-2-5-13(14)17(18,19)20/h2-3,5-8,11H,4,9-10H2,1H3,(H,21,22)(H,23,24). The highest BCUT2D eigenvalue weighted by Crippen LogP contribution is 2.34. The van der Waals surface area contributed by atoms with Crippen LogP contribution in [-0.4, -0.2) is 31.2 Å². The van der Waals surface area contributed by atoms with Crippen LogP contribution < -0.4 is 10.6 Å². The first-order valence-electron chi connectivity index (χ1n) is 7.58. The first-order valence-corrected chi connectivity index (χ1v) is 7.58. The second kappa shape index (κ2) is 8.48. The molecule has 0 unspecified atom stereocenters. The molecule has 0 aliphatic heterocycles. The summed E-state index contributed by atoms with van der Waals surface area (Å²) in [6.07, 6.45) is -2.43. The van der Waals surface area contributed by atoms with E-state index in [1.807, 2.05) is 0 Å². The van der Waals surface area contributed by atoms with Crippen molar-refractivity contribution in [1.29, 1.82) is 0 Å². The van der Waals surface area contributed by atoms with Crippen molar-refractivity contribution in [1.82, 2.24) is 4.98 Å². The lowest BCUT2D eigenvalue weighted by atomic mass is 10.1. The van der Waals surface area contributed by atoms with Crippen molar-refractivity contribution in [2.24, 2.45) is 0 Å². The van der Waals surface area contributed by atoms with Gasteiger partial charge in [-0.2, -0.15) is 13.2 Å². The largest absolute Gasteiger partial charge is 0.418 e. The van der Waals surface area contributed by atoms with Gasteiger partial charge in [-0.05, 0) is 30.7 Å². The van der Waals surface area contributed by atoms with Crippen molar-refractivity contribution in [3.05, 3.63) is 53.7 Å². The SMILES string of the molecule is COCCCNc1ccc(C(=O)Nc2ccccc2C(F)(F)F)cn1. The summed E-state index contributed by atoms with van der Waals surface area (Å²) in [5.74, 6) is -0.0847. The molecule has 134 valence electrons. The molecule has 1 heterocycles. The molecule has 0 atom stereocenters. The first kappa shape index (κ1) is 18.7. The third kappa shape index (κ3) is 5.46. The fraction of sp³-hybridized carbons (Fsp3) is 0.294. The molecular weight excluding hydrogens is 335 g/mol. The molecule has 8 heteroatoms. The Morgan fingerprint density at radius 3 is 2.60 bits per heavy atom. The number of aromatic nitrogens is 1. The van der Waals surface area contributed by atoms with Crippen LogP contribution in [0.2, 0.25) is 0 Å². The molecule has 0 spiro atoms.